The van der Waals surface area contributed by atoms with Gasteiger partial charge < -0.3 is 5.11 Å². The van der Waals surface area contributed by atoms with E-state index in [1.165, 1.54) is 0 Å². The summed E-state index contributed by atoms with van der Waals surface area (Å²) in [5, 5.41) is 12.5. The Morgan fingerprint density at radius 3 is 2.71 bits per heavy atom. The van der Waals surface area contributed by atoms with Gasteiger partial charge in [0.05, 0.1) is 17.7 Å². The topological polar surface area (TPSA) is 74.2 Å². The van der Waals surface area contributed by atoms with Crippen molar-refractivity contribution in [3.8, 4) is 0 Å². The highest BCUT2D eigenvalue weighted by atomic mass is 16.3. The summed E-state index contributed by atoms with van der Waals surface area (Å²) in [6.45, 7) is 1.63. The average Bonchev–Trinajstić information content (AvgIpc) is 2.60. The number of hydrogen-bond donors (Lipinski definition) is 3. The van der Waals surface area contributed by atoms with Crippen LogP contribution in [0.15, 0.2) is 67.0 Å². The molecule has 1 amide bonds. The highest BCUT2D eigenvalue weighted by Gasteiger charge is 2.26. The molecule has 3 N–H and O–H groups in total. The summed E-state index contributed by atoms with van der Waals surface area (Å²) >= 11 is 0. The van der Waals surface area contributed by atoms with E-state index < -0.39 is 5.60 Å². The van der Waals surface area contributed by atoms with Crippen molar-refractivity contribution in [3.05, 3.63) is 72.6 Å². The fourth-order valence-corrected chi connectivity index (χ4v) is 2.62. The van der Waals surface area contributed by atoms with Gasteiger partial charge >= 0.3 is 0 Å². The monoisotopic (exact) mass is 321 g/mol. The number of rotatable bonds is 5. The lowest BCUT2D eigenvalue weighted by Gasteiger charge is -2.23. The van der Waals surface area contributed by atoms with Crippen molar-refractivity contribution in [1.29, 1.82) is 0 Å². The quantitative estimate of drug-likeness (QED) is 0.632. The molecule has 5 heteroatoms. The molecule has 3 rings (SSSR count). The van der Waals surface area contributed by atoms with E-state index in [9.17, 15) is 9.90 Å². The van der Waals surface area contributed by atoms with Crippen molar-refractivity contribution in [2.45, 2.75) is 18.9 Å². The van der Waals surface area contributed by atoms with Crippen LogP contribution in [0.4, 0.5) is 5.69 Å². The molecule has 122 valence electrons. The number of nitrogens with one attached hydrogen (secondary N) is 2. The Morgan fingerprint density at radius 1 is 1.12 bits per heavy atom. The zero-order valence-electron chi connectivity index (χ0n) is 13.4. The second-order valence-electron chi connectivity index (χ2n) is 5.89. The summed E-state index contributed by atoms with van der Waals surface area (Å²) in [6, 6.07) is 16.7. The minimum Gasteiger partial charge on any atom is -0.385 e. The van der Waals surface area contributed by atoms with Crippen LogP contribution in [0.1, 0.15) is 18.9 Å². The van der Waals surface area contributed by atoms with E-state index in [2.05, 4.69) is 15.8 Å². The van der Waals surface area contributed by atoms with E-state index in [0.29, 0.717) is 5.56 Å². The number of nitrogens with zero attached hydrogens (tertiary/aromatic N) is 1. The van der Waals surface area contributed by atoms with Gasteiger partial charge in [-0.25, -0.2) is 0 Å². The molecule has 0 bridgehead atoms. The minimum absolute atomic E-state index is 0.0453. The zero-order chi connectivity index (χ0) is 17.0. The van der Waals surface area contributed by atoms with Gasteiger partial charge in [0.2, 0.25) is 5.91 Å². The lowest BCUT2D eigenvalue weighted by molar-refractivity contribution is -0.125. The average molecular weight is 321 g/mol. The van der Waals surface area contributed by atoms with Gasteiger partial charge in [-0.2, -0.15) is 0 Å². The van der Waals surface area contributed by atoms with Crippen molar-refractivity contribution >= 4 is 22.4 Å². The SMILES string of the molecule is CC(O)(CC(=O)NNc1cccc2cnccc12)c1ccccc1. The Hall–Kier alpha value is -2.92. The molecule has 2 aromatic carbocycles. The summed E-state index contributed by atoms with van der Waals surface area (Å²) in [7, 11) is 0. The molecule has 0 fully saturated rings. The van der Waals surface area contributed by atoms with Crippen LogP contribution in [0, 0.1) is 0 Å². The number of hydrogen-bond acceptors (Lipinski definition) is 4. The molecule has 0 radical (unpaired) electrons. The predicted octanol–water partition coefficient (Wildman–Crippen LogP) is 2.98. The number of benzene rings is 2. The van der Waals surface area contributed by atoms with Gasteiger partial charge in [-0.1, -0.05) is 42.5 Å². The molecule has 0 spiro atoms. The molecule has 1 atom stereocenters. The number of anilines is 1. The van der Waals surface area contributed by atoms with Crippen LogP contribution < -0.4 is 10.9 Å². The number of fused-ring (bicyclic) bond motifs is 1. The number of amides is 1. The summed E-state index contributed by atoms with van der Waals surface area (Å²) < 4.78 is 0. The molecule has 0 saturated heterocycles. The first kappa shape index (κ1) is 16.0. The first-order chi connectivity index (χ1) is 11.6. The summed E-state index contributed by atoms with van der Waals surface area (Å²) in [5.41, 5.74) is 5.83. The highest BCUT2D eigenvalue weighted by Crippen LogP contribution is 2.24. The summed E-state index contributed by atoms with van der Waals surface area (Å²) in [4.78, 5) is 16.3. The van der Waals surface area contributed by atoms with Crippen molar-refractivity contribution in [3.63, 3.8) is 0 Å². The minimum atomic E-state index is -1.23. The van der Waals surface area contributed by atoms with Crippen molar-refractivity contribution < 1.29 is 9.90 Å². The number of carbonyl (C=O) groups is 1. The molecule has 0 aliphatic rings. The Morgan fingerprint density at radius 2 is 1.92 bits per heavy atom. The van der Waals surface area contributed by atoms with E-state index in [4.69, 9.17) is 0 Å². The summed E-state index contributed by atoms with van der Waals surface area (Å²) in [6.07, 6.45) is 3.42. The normalized spacial score (nSPS) is 13.2. The smallest absolute Gasteiger partial charge is 0.241 e. The largest absolute Gasteiger partial charge is 0.385 e. The molecule has 3 aromatic rings. The number of carbonyl (C=O) groups excluding carboxylic acids is 1. The van der Waals surface area contributed by atoms with Crippen LogP contribution in [-0.4, -0.2) is 16.0 Å². The molecule has 0 aliphatic heterocycles. The van der Waals surface area contributed by atoms with Crippen LogP contribution in [0.2, 0.25) is 0 Å². The number of hydrazine groups is 1. The number of pyridine rings is 1. The second kappa shape index (κ2) is 6.68. The van der Waals surface area contributed by atoms with E-state index >= 15 is 0 Å². The van der Waals surface area contributed by atoms with Crippen LogP contribution >= 0.6 is 0 Å². The van der Waals surface area contributed by atoms with E-state index in [1.54, 1.807) is 31.5 Å². The zero-order valence-corrected chi connectivity index (χ0v) is 13.4. The van der Waals surface area contributed by atoms with Gasteiger partial charge in [-0.05, 0) is 24.6 Å². The fourth-order valence-electron chi connectivity index (χ4n) is 2.62. The number of aromatic nitrogens is 1. The third-order valence-electron chi connectivity index (χ3n) is 3.92. The van der Waals surface area contributed by atoms with Gasteiger partial charge in [0, 0.05) is 23.2 Å². The van der Waals surface area contributed by atoms with Gasteiger partial charge in [-0.3, -0.25) is 20.6 Å². The first-order valence-electron chi connectivity index (χ1n) is 7.72. The van der Waals surface area contributed by atoms with Crippen LogP contribution in [-0.2, 0) is 10.4 Å². The third-order valence-corrected chi connectivity index (χ3v) is 3.92. The summed E-state index contributed by atoms with van der Waals surface area (Å²) in [5.74, 6) is -0.296. The third kappa shape index (κ3) is 3.52. The fraction of sp³-hybridized carbons (Fsp3) is 0.158. The van der Waals surface area contributed by atoms with Crippen LogP contribution in [0.3, 0.4) is 0 Å². The molecule has 5 nitrogen and oxygen atoms in total. The van der Waals surface area contributed by atoms with Crippen molar-refractivity contribution in [2.75, 3.05) is 5.43 Å². The Bertz CT molecular complexity index is 842. The van der Waals surface area contributed by atoms with Gasteiger partial charge in [0.15, 0.2) is 0 Å². The van der Waals surface area contributed by atoms with E-state index in [-0.39, 0.29) is 12.3 Å². The van der Waals surface area contributed by atoms with Crippen molar-refractivity contribution in [2.24, 2.45) is 0 Å². The molecule has 1 heterocycles. The highest BCUT2D eigenvalue weighted by molar-refractivity contribution is 5.93. The van der Waals surface area contributed by atoms with E-state index in [1.807, 2.05) is 42.5 Å². The first-order valence-corrected chi connectivity index (χ1v) is 7.72. The van der Waals surface area contributed by atoms with Crippen LogP contribution in [0.25, 0.3) is 10.8 Å². The molecule has 1 aromatic heterocycles. The molecule has 0 saturated carbocycles. The maximum absolute atomic E-state index is 12.2. The molecule has 24 heavy (non-hydrogen) atoms. The molecule has 1 unspecified atom stereocenters. The Kier molecular flexibility index (Phi) is 4.44. The Balaban J connectivity index is 1.67. The maximum Gasteiger partial charge on any atom is 0.241 e. The predicted molar refractivity (Wildman–Crippen MR) is 94.1 cm³/mol. The van der Waals surface area contributed by atoms with E-state index in [0.717, 1.165) is 16.5 Å². The maximum atomic E-state index is 12.2. The second-order valence-corrected chi connectivity index (χ2v) is 5.89. The van der Waals surface area contributed by atoms with Gasteiger partial charge in [0.1, 0.15) is 0 Å². The Labute approximate surface area is 140 Å². The molecule has 0 aliphatic carbocycles. The van der Waals surface area contributed by atoms with Gasteiger partial charge in [-0.15, -0.1) is 0 Å². The molecular weight excluding hydrogens is 302 g/mol. The molecular formula is C19H19N3O2. The van der Waals surface area contributed by atoms with Crippen LogP contribution in [0.5, 0.6) is 0 Å². The lowest BCUT2D eigenvalue weighted by Crippen LogP contribution is -2.35. The van der Waals surface area contributed by atoms with Crippen molar-refractivity contribution in [1.82, 2.24) is 10.4 Å². The number of aliphatic hydroxyl groups is 1. The lowest BCUT2D eigenvalue weighted by atomic mass is 9.92. The van der Waals surface area contributed by atoms with Gasteiger partial charge in [0.25, 0.3) is 0 Å². The standard InChI is InChI=1S/C19H19N3O2/c1-19(24,15-7-3-2-4-8-15)12-18(23)22-21-17-9-5-6-14-13-20-11-10-16(14)17/h2-11,13,21,24H,12H2,1H3,(H,22,23).